The zero-order valence-corrected chi connectivity index (χ0v) is 12.0. The molecule has 0 spiro atoms. The van der Waals surface area contributed by atoms with Crippen LogP contribution in [0.15, 0.2) is 36.4 Å². The monoisotopic (exact) mass is 299 g/mol. The minimum Gasteiger partial charge on any atom is -0.320 e. The van der Waals surface area contributed by atoms with Crippen molar-refractivity contribution in [2.75, 3.05) is 0 Å². The fourth-order valence-electron chi connectivity index (χ4n) is 1.81. The molecule has 0 fully saturated rings. The molecule has 0 aliphatic carbocycles. The molecule has 2 N–H and O–H groups in total. The van der Waals surface area contributed by atoms with Gasteiger partial charge in [0.15, 0.2) is 0 Å². The van der Waals surface area contributed by atoms with Crippen LogP contribution in [0.4, 0.5) is 0 Å². The van der Waals surface area contributed by atoms with E-state index in [1.165, 1.54) is 0 Å². The van der Waals surface area contributed by atoms with Crippen molar-refractivity contribution in [2.45, 2.75) is 13.0 Å². The van der Waals surface area contributed by atoms with E-state index in [-0.39, 0.29) is 6.04 Å². The van der Waals surface area contributed by atoms with Crippen molar-refractivity contribution in [1.82, 2.24) is 0 Å². The predicted molar refractivity (Wildman–Crippen MR) is 78.7 cm³/mol. The number of nitrogens with two attached hydrogens (primary N) is 1. The highest BCUT2D eigenvalue weighted by Crippen LogP contribution is 2.34. The number of halogens is 3. The number of rotatable bonds is 2. The number of hydrogen-bond donors (Lipinski definition) is 1. The molecule has 0 radical (unpaired) electrons. The van der Waals surface area contributed by atoms with Gasteiger partial charge in [-0.3, -0.25) is 0 Å². The van der Waals surface area contributed by atoms with Crippen LogP contribution in [0.25, 0.3) is 0 Å². The standard InChI is InChI=1S/C14H12Cl3N/c1-8-5-6-9(12(16)7-8)14(18)10-3-2-4-11(15)13(10)17/h2-7,14H,18H2,1H3. The van der Waals surface area contributed by atoms with Gasteiger partial charge in [-0.05, 0) is 35.7 Å². The molecule has 0 aromatic heterocycles. The Bertz CT molecular complexity index is 581. The zero-order valence-electron chi connectivity index (χ0n) is 9.75. The van der Waals surface area contributed by atoms with Crippen molar-refractivity contribution in [3.05, 3.63) is 68.2 Å². The molecule has 4 heteroatoms. The SMILES string of the molecule is Cc1ccc(C(N)c2cccc(Cl)c2Cl)c(Cl)c1. The van der Waals surface area contributed by atoms with E-state index >= 15 is 0 Å². The maximum Gasteiger partial charge on any atom is 0.0643 e. The lowest BCUT2D eigenvalue weighted by Gasteiger charge is -2.16. The summed E-state index contributed by atoms with van der Waals surface area (Å²) in [5.41, 5.74) is 8.91. The van der Waals surface area contributed by atoms with Gasteiger partial charge in [-0.15, -0.1) is 0 Å². The number of hydrogen-bond acceptors (Lipinski definition) is 1. The predicted octanol–water partition coefficient (Wildman–Crippen LogP) is 5.00. The zero-order chi connectivity index (χ0) is 13.3. The average molecular weight is 301 g/mol. The summed E-state index contributed by atoms with van der Waals surface area (Å²) in [6.07, 6.45) is 0. The van der Waals surface area contributed by atoms with E-state index in [9.17, 15) is 0 Å². The summed E-state index contributed by atoms with van der Waals surface area (Å²) in [5, 5.41) is 1.61. The van der Waals surface area contributed by atoms with Gasteiger partial charge >= 0.3 is 0 Å². The van der Waals surface area contributed by atoms with Crippen LogP contribution in [0.5, 0.6) is 0 Å². The van der Waals surface area contributed by atoms with Gasteiger partial charge in [0.05, 0.1) is 16.1 Å². The summed E-state index contributed by atoms with van der Waals surface area (Å²) >= 11 is 18.4. The first-order chi connectivity index (χ1) is 8.50. The van der Waals surface area contributed by atoms with Crippen molar-refractivity contribution in [3.8, 4) is 0 Å². The summed E-state index contributed by atoms with van der Waals surface area (Å²) in [7, 11) is 0. The maximum absolute atomic E-state index is 6.21. The Morgan fingerprint density at radius 1 is 0.944 bits per heavy atom. The molecule has 0 aliphatic rings. The lowest BCUT2D eigenvalue weighted by atomic mass is 9.98. The second-order valence-electron chi connectivity index (χ2n) is 4.15. The minimum absolute atomic E-state index is 0.385. The normalized spacial score (nSPS) is 12.5. The molecule has 0 saturated heterocycles. The van der Waals surface area contributed by atoms with E-state index in [1.807, 2.05) is 37.3 Å². The molecule has 0 amide bonds. The van der Waals surface area contributed by atoms with E-state index < -0.39 is 0 Å². The van der Waals surface area contributed by atoms with Crippen LogP contribution in [-0.4, -0.2) is 0 Å². The number of aryl methyl sites for hydroxylation is 1. The Kier molecular flexibility index (Phi) is 4.18. The van der Waals surface area contributed by atoms with Gasteiger partial charge < -0.3 is 5.73 Å². The molecular weight excluding hydrogens is 289 g/mol. The van der Waals surface area contributed by atoms with Crippen LogP contribution >= 0.6 is 34.8 Å². The Labute approximate surface area is 121 Å². The summed E-state index contributed by atoms with van der Waals surface area (Å²) in [4.78, 5) is 0. The third kappa shape index (κ3) is 2.65. The summed E-state index contributed by atoms with van der Waals surface area (Å²) < 4.78 is 0. The molecule has 18 heavy (non-hydrogen) atoms. The molecule has 2 aromatic rings. The van der Waals surface area contributed by atoms with E-state index in [1.54, 1.807) is 6.07 Å². The lowest BCUT2D eigenvalue weighted by Crippen LogP contribution is -2.13. The van der Waals surface area contributed by atoms with Gasteiger partial charge in [0.25, 0.3) is 0 Å². The van der Waals surface area contributed by atoms with Gasteiger partial charge in [0.2, 0.25) is 0 Å². The fraction of sp³-hybridized carbons (Fsp3) is 0.143. The van der Waals surface area contributed by atoms with Crippen LogP contribution < -0.4 is 5.73 Å². The topological polar surface area (TPSA) is 26.0 Å². The van der Waals surface area contributed by atoms with Gasteiger partial charge in [0.1, 0.15) is 0 Å². The third-order valence-electron chi connectivity index (χ3n) is 2.81. The molecule has 94 valence electrons. The van der Waals surface area contributed by atoms with Crippen LogP contribution in [0.1, 0.15) is 22.7 Å². The van der Waals surface area contributed by atoms with Crippen LogP contribution in [-0.2, 0) is 0 Å². The highest BCUT2D eigenvalue weighted by Gasteiger charge is 2.16. The Hall–Kier alpha value is -0.730. The summed E-state index contributed by atoms with van der Waals surface area (Å²) in [6.45, 7) is 1.98. The van der Waals surface area contributed by atoms with Gasteiger partial charge in [-0.25, -0.2) is 0 Å². The number of benzene rings is 2. The molecule has 1 atom stereocenters. The van der Waals surface area contributed by atoms with Crippen molar-refractivity contribution in [3.63, 3.8) is 0 Å². The third-order valence-corrected chi connectivity index (χ3v) is 3.97. The van der Waals surface area contributed by atoms with Crippen LogP contribution in [0.2, 0.25) is 15.1 Å². The fourth-order valence-corrected chi connectivity index (χ4v) is 2.59. The van der Waals surface area contributed by atoms with Crippen molar-refractivity contribution in [2.24, 2.45) is 5.73 Å². The summed E-state index contributed by atoms with van der Waals surface area (Å²) in [5.74, 6) is 0. The molecule has 0 saturated carbocycles. The first kappa shape index (κ1) is 13.7. The minimum atomic E-state index is -0.385. The van der Waals surface area contributed by atoms with Crippen molar-refractivity contribution in [1.29, 1.82) is 0 Å². The lowest BCUT2D eigenvalue weighted by molar-refractivity contribution is 0.871. The van der Waals surface area contributed by atoms with Crippen molar-refractivity contribution < 1.29 is 0 Å². The first-order valence-electron chi connectivity index (χ1n) is 5.46. The smallest absolute Gasteiger partial charge is 0.0643 e. The highest BCUT2D eigenvalue weighted by molar-refractivity contribution is 6.42. The molecular formula is C14H12Cl3N. The summed E-state index contributed by atoms with van der Waals surface area (Å²) in [6, 6.07) is 10.8. The maximum atomic E-state index is 6.21. The van der Waals surface area contributed by atoms with E-state index in [0.29, 0.717) is 15.1 Å². The average Bonchev–Trinajstić information content (AvgIpc) is 2.32. The highest BCUT2D eigenvalue weighted by atomic mass is 35.5. The second kappa shape index (κ2) is 5.50. The first-order valence-corrected chi connectivity index (χ1v) is 6.59. The van der Waals surface area contributed by atoms with Gasteiger partial charge in [0, 0.05) is 5.02 Å². The Balaban J connectivity index is 2.48. The van der Waals surface area contributed by atoms with E-state index in [0.717, 1.165) is 16.7 Å². The molecule has 0 aliphatic heterocycles. The Morgan fingerprint density at radius 3 is 2.33 bits per heavy atom. The molecule has 0 bridgehead atoms. The molecule has 1 nitrogen and oxygen atoms in total. The largest absolute Gasteiger partial charge is 0.320 e. The molecule has 1 unspecified atom stereocenters. The van der Waals surface area contributed by atoms with Gasteiger partial charge in [-0.2, -0.15) is 0 Å². The molecule has 2 aromatic carbocycles. The van der Waals surface area contributed by atoms with Crippen LogP contribution in [0.3, 0.4) is 0 Å². The Morgan fingerprint density at radius 2 is 1.67 bits per heavy atom. The van der Waals surface area contributed by atoms with E-state index in [4.69, 9.17) is 40.5 Å². The van der Waals surface area contributed by atoms with Crippen molar-refractivity contribution >= 4 is 34.8 Å². The molecule has 0 heterocycles. The quantitative estimate of drug-likeness (QED) is 0.829. The van der Waals surface area contributed by atoms with Crippen LogP contribution in [0, 0.1) is 6.92 Å². The second-order valence-corrected chi connectivity index (χ2v) is 5.34. The molecule has 2 rings (SSSR count). The van der Waals surface area contributed by atoms with E-state index in [2.05, 4.69) is 0 Å². The van der Waals surface area contributed by atoms with Gasteiger partial charge in [-0.1, -0.05) is 59.1 Å².